The predicted molar refractivity (Wildman–Crippen MR) is 141 cm³/mol. The molecule has 0 aromatic rings. The molecule has 1 fully saturated rings. The zero-order valence-corrected chi connectivity index (χ0v) is 23.4. The van der Waals surface area contributed by atoms with Gasteiger partial charge in [0.25, 0.3) is 0 Å². The quantitative estimate of drug-likeness (QED) is 0.278. The molecule has 5 heteroatoms. The predicted octanol–water partition coefficient (Wildman–Crippen LogP) is 5.48. The van der Waals surface area contributed by atoms with Crippen molar-refractivity contribution in [1.82, 2.24) is 0 Å². The maximum atomic E-state index is 11.9. The topological polar surface area (TPSA) is 79.2 Å². The van der Waals surface area contributed by atoms with Gasteiger partial charge in [-0.2, -0.15) is 0 Å². The second kappa shape index (κ2) is 11.3. The van der Waals surface area contributed by atoms with Crippen molar-refractivity contribution in [3.05, 3.63) is 23.8 Å². The molecule has 3 aliphatic rings. The van der Waals surface area contributed by atoms with Crippen molar-refractivity contribution in [2.45, 2.75) is 117 Å². The van der Waals surface area contributed by atoms with Crippen molar-refractivity contribution >= 4 is 0 Å². The van der Waals surface area contributed by atoms with Gasteiger partial charge >= 0.3 is 0 Å². The Labute approximate surface area is 214 Å². The van der Waals surface area contributed by atoms with Gasteiger partial charge in [0.1, 0.15) is 5.60 Å². The van der Waals surface area contributed by atoms with Crippen LogP contribution in [0.4, 0.5) is 0 Å². The Kier molecular flexibility index (Phi) is 9.35. The maximum Gasteiger partial charge on any atom is 0.155 e. The smallest absolute Gasteiger partial charge is 0.155 e. The standard InChI is InChI=1S/C30H52O5/c1-9-11-21-12-10-13-23(24(21)14-15-25(31)35-29(5,6)7)20(4)27-28(32)30(27,33)26-18(2)16-22(34-8)17-19(26)3/h10,13,16,19-28,31-33H,9,11-12,14-15,17H2,1-8H3. The summed E-state index contributed by atoms with van der Waals surface area (Å²) in [6.07, 6.45) is 11.1. The van der Waals surface area contributed by atoms with Gasteiger partial charge in [0.15, 0.2) is 6.29 Å². The highest BCUT2D eigenvalue weighted by molar-refractivity contribution is 5.29. The van der Waals surface area contributed by atoms with E-state index in [1.807, 2.05) is 20.8 Å². The molecule has 0 radical (unpaired) electrons. The molecule has 35 heavy (non-hydrogen) atoms. The minimum absolute atomic E-state index is 0.0455. The zero-order valence-electron chi connectivity index (χ0n) is 23.4. The average Bonchev–Trinajstić information content (AvgIpc) is 3.30. The summed E-state index contributed by atoms with van der Waals surface area (Å²) in [6.45, 7) is 14.6. The lowest BCUT2D eigenvalue weighted by atomic mass is 9.65. The summed E-state index contributed by atoms with van der Waals surface area (Å²) >= 11 is 0. The largest absolute Gasteiger partial charge is 0.390 e. The van der Waals surface area contributed by atoms with Crippen LogP contribution in [-0.4, -0.2) is 52.1 Å². The second-order valence-corrected chi connectivity index (χ2v) is 12.8. The Morgan fingerprint density at radius 3 is 2.49 bits per heavy atom. The number of allylic oxidation sites excluding steroid dienone is 2. The Balaban J connectivity index is 1.78. The van der Waals surface area contributed by atoms with Crippen molar-refractivity contribution in [3.8, 4) is 0 Å². The van der Waals surface area contributed by atoms with Crippen LogP contribution in [0.25, 0.3) is 0 Å². The molecule has 3 aliphatic carbocycles. The number of ether oxygens (including phenoxy) is 2. The minimum atomic E-state index is -1.08. The van der Waals surface area contributed by atoms with Gasteiger partial charge in [-0.1, -0.05) is 57.4 Å². The first-order valence-corrected chi connectivity index (χ1v) is 14.0. The fourth-order valence-electron chi connectivity index (χ4n) is 7.68. The van der Waals surface area contributed by atoms with E-state index in [1.54, 1.807) is 7.11 Å². The van der Waals surface area contributed by atoms with Crippen LogP contribution in [0.5, 0.6) is 0 Å². The molecule has 1 saturated carbocycles. The van der Waals surface area contributed by atoms with Gasteiger partial charge in [0, 0.05) is 18.9 Å². The van der Waals surface area contributed by atoms with Gasteiger partial charge in [0.05, 0.1) is 17.8 Å². The Hall–Kier alpha value is -0.720. The highest BCUT2D eigenvalue weighted by Gasteiger charge is 2.71. The third-order valence-corrected chi connectivity index (χ3v) is 9.12. The first-order valence-electron chi connectivity index (χ1n) is 14.0. The SMILES string of the molecule is CCCC1CC=CC(C(C)C2C(O)C2(O)C2C(C)=CC(OC)CC2C)C1CCC(O)OC(C)(C)C. The van der Waals surface area contributed by atoms with Gasteiger partial charge in [0.2, 0.25) is 0 Å². The molecule has 0 aromatic carbocycles. The molecule has 0 aromatic heterocycles. The summed E-state index contributed by atoms with van der Waals surface area (Å²) in [6, 6.07) is 0. The van der Waals surface area contributed by atoms with E-state index in [0.29, 0.717) is 18.3 Å². The monoisotopic (exact) mass is 492 g/mol. The lowest BCUT2D eigenvalue weighted by Gasteiger charge is -2.41. The van der Waals surface area contributed by atoms with Crippen LogP contribution < -0.4 is 0 Å². The number of aliphatic hydroxyl groups is 3. The summed E-state index contributed by atoms with van der Waals surface area (Å²) in [5.41, 5.74) is -0.322. The lowest BCUT2D eigenvalue weighted by molar-refractivity contribution is -0.170. The molecule has 11 atom stereocenters. The molecule has 3 rings (SSSR count). The third kappa shape index (κ3) is 6.23. The normalized spacial score (nSPS) is 41.4. The molecular weight excluding hydrogens is 440 g/mol. The Morgan fingerprint density at radius 2 is 1.91 bits per heavy atom. The van der Waals surface area contributed by atoms with Crippen molar-refractivity contribution in [3.63, 3.8) is 0 Å². The number of hydrogen-bond acceptors (Lipinski definition) is 5. The first kappa shape index (κ1) is 28.8. The number of hydrogen-bond donors (Lipinski definition) is 3. The summed E-state index contributed by atoms with van der Waals surface area (Å²) in [5.74, 6) is 1.44. The fraction of sp³-hybridized carbons (Fsp3) is 0.867. The van der Waals surface area contributed by atoms with Crippen molar-refractivity contribution in [1.29, 1.82) is 0 Å². The van der Waals surface area contributed by atoms with Crippen LogP contribution in [-0.2, 0) is 9.47 Å². The highest BCUT2D eigenvalue weighted by Crippen LogP contribution is 2.61. The number of methoxy groups -OCH3 is 1. The van der Waals surface area contributed by atoms with Crippen LogP contribution in [0.1, 0.15) is 87.0 Å². The number of rotatable bonds is 10. The van der Waals surface area contributed by atoms with E-state index in [-0.39, 0.29) is 41.3 Å². The van der Waals surface area contributed by atoms with Gasteiger partial charge in [-0.3, -0.25) is 0 Å². The lowest BCUT2D eigenvalue weighted by Crippen LogP contribution is -2.40. The second-order valence-electron chi connectivity index (χ2n) is 12.8. The molecule has 3 N–H and O–H groups in total. The van der Waals surface area contributed by atoms with Crippen molar-refractivity contribution < 1.29 is 24.8 Å². The van der Waals surface area contributed by atoms with E-state index in [0.717, 1.165) is 37.7 Å². The molecule has 5 nitrogen and oxygen atoms in total. The van der Waals surface area contributed by atoms with Crippen molar-refractivity contribution in [2.75, 3.05) is 7.11 Å². The molecular formula is C30H52O5. The molecule has 11 unspecified atom stereocenters. The molecule has 0 bridgehead atoms. The fourth-order valence-corrected chi connectivity index (χ4v) is 7.68. The maximum absolute atomic E-state index is 11.9. The van der Waals surface area contributed by atoms with Crippen LogP contribution >= 0.6 is 0 Å². The van der Waals surface area contributed by atoms with Gasteiger partial charge in [-0.15, -0.1) is 0 Å². The van der Waals surface area contributed by atoms with Gasteiger partial charge in [-0.05, 0) is 83.0 Å². The first-order chi connectivity index (χ1) is 16.3. The Bertz CT molecular complexity index is 754. The van der Waals surface area contributed by atoms with Gasteiger partial charge < -0.3 is 24.8 Å². The van der Waals surface area contributed by atoms with Crippen LogP contribution in [0.2, 0.25) is 0 Å². The molecule has 0 saturated heterocycles. The van der Waals surface area contributed by atoms with E-state index >= 15 is 0 Å². The minimum Gasteiger partial charge on any atom is -0.390 e. The number of aliphatic hydroxyl groups excluding tert-OH is 2. The summed E-state index contributed by atoms with van der Waals surface area (Å²) < 4.78 is 11.4. The molecule has 0 heterocycles. The van der Waals surface area contributed by atoms with E-state index in [4.69, 9.17) is 9.47 Å². The van der Waals surface area contributed by atoms with Crippen LogP contribution in [0.15, 0.2) is 23.8 Å². The molecule has 202 valence electrons. The summed E-state index contributed by atoms with van der Waals surface area (Å²) in [4.78, 5) is 0. The van der Waals surface area contributed by atoms with E-state index in [2.05, 4.69) is 45.9 Å². The molecule has 0 spiro atoms. The van der Waals surface area contributed by atoms with E-state index in [1.165, 1.54) is 0 Å². The molecule has 0 amide bonds. The summed E-state index contributed by atoms with van der Waals surface area (Å²) in [5, 5.41) is 33.6. The van der Waals surface area contributed by atoms with Crippen LogP contribution in [0, 0.1) is 41.4 Å². The zero-order chi connectivity index (χ0) is 26.1. The van der Waals surface area contributed by atoms with E-state index < -0.39 is 18.0 Å². The van der Waals surface area contributed by atoms with Crippen molar-refractivity contribution in [2.24, 2.45) is 41.4 Å². The van der Waals surface area contributed by atoms with Crippen LogP contribution in [0.3, 0.4) is 0 Å². The molecule has 0 aliphatic heterocycles. The third-order valence-electron chi connectivity index (χ3n) is 9.12. The highest BCUT2D eigenvalue weighted by atomic mass is 16.6. The van der Waals surface area contributed by atoms with Gasteiger partial charge in [-0.25, -0.2) is 0 Å². The summed E-state index contributed by atoms with van der Waals surface area (Å²) in [7, 11) is 1.73. The van der Waals surface area contributed by atoms with E-state index in [9.17, 15) is 15.3 Å². The Morgan fingerprint density at radius 1 is 1.23 bits per heavy atom. The average molecular weight is 493 g/mol.